The summed E-state index contributed by atoms with van der Waals surface area (Å²) in [7, 11) is 6.34. The SMILES string of the molecule is C=C(CCC(N)=O)SCl. The second-order valence-electron chi connectivity index (χ2n) is 1.58. The van der Waals surface area contributed by atoms with E-state index in [1.54, 1.807) is 0 Å². The second-order valence-corrected chi connectivity index (χ2v) is 2.78. The number of amides is 1. The first-order chi connectivity index (χ1) is 4.16. The topological polar surface area (TPSA) is 43.1 Å². The first kappa shape index (κ1) is 8.85. The molecule has 0 heterocycles. The van der Waals surface area contributed by atoms with Crippen LogP contribution in [0, 0.1) is 0 Å². The van der Waals surface area contributed by atoms with Crippen molar-refractivity contribution in [2.45, 2.75) is 12.8 Å². The zero-order chi connectivity index (χ0) is 7.28. The first-order valence-corrected chi connectivity index (χ1v) is 4.05. The Morgan fingerprint density at radius 1 is 1.67 bits per heavy atom. The molecular formula is C5H8ClNOS. The Hall–Kier alpha value is -0.150. The van der Waals surface area contributed by atoms with E-state index in [1.165, 1.54) is 0 Å². The summed E-state index contributed by atoms with van der Waals surface area (Å²) < 4.78 is 0. The maximum atomic E-state index is 10.1. The Balaban J connectivity index is 3.28. The van der Waals surface area contributed by atoms with Crippen LogP contribution in [0.4, 0.5) is 0 Å². The molecule has 0 atom stereocenters. The fourth-order valence-corrected chi connectivity index (χ4v) is 0.712. The van der Waals surface area contributed by atoms with E-state index in [4.69, 9.17) is 16.4 Å². The Bertz CT molecular complexity index is 126. The largest absolute Gasteiger partial charge is 0.370 e. The molecule has 0 aromatic heterocycles. The van der Waals surface area contributed by atoms with Crippen LogP contribution < -0.4 is 5.73 Å². The van der Waals surface area contributed by atoms with Crippen molar-refractivity contribution in [3.63, 3.8) is 0 Å². The van der Waals surface area contributed by atoms with E-state index >= 15 is 0 Å². The summed E-state index contributed by atoms with van der Waals surface area (Å²) in [5.74, 6) is -0.318. The maximum Gasteiger partial charge on any atom is 0.217 e. The van der Waals surface area contributed by atoms with Gasteiger partial charge in [-0.25, -0.2) is 0 Å². The van der Waals surface area contributed by atoms with Gasteiger partial charge in [-0.15, -0.1) is 0 Å². The molecule has 9 heavy (non-hydrogen) atoms. The van der Waals surface area contributed by atoms with Crippen LogP contribution in [0.1, 0.15) is 12.8 Å². The molecule has 0 aromatic carbocycles. The average molecular weight is 166 g/mol. The summed E-state index contributed by atoms with van der Waals surface area (Å²) in [5, 5.41) is 0. The number of primary amides is 1. The van der Waals surface area contributed by atoms with E-state index < -0.39 is 0 Å². The quantitative estimate of drug-likeness (QED) is 0.689. The van der Waals surface area contributed by atoms with E-state index in [0.29, 0.717) is 12.8 Å². The molecule has 2 N–H and O–H groups in total. The van der Waals surface area contributed by atoms with Crippen molar-refractivity contribution in [3.8, 4) is 0 Å². The van der Waals surface area contributed by atoms with Gasteiger partial charge in [0.1, 0.15) is 0 Å². The van der Waals surface area contributed by atoms with Gasteiger partial charge in [-0.2, -0.15) is 0 Å². The van der Waals surface area contributed by atoms with Crippen molar-refractivity contribution >= 4 is 27.6 Å². The third kappa shape index (κ3) is 5.73. The van der Waals surface area contributed by atoms with Crippen LogP contribution in [0.2, 0.25) is 0 Å². The molecule has 0 saturated heterocycles. The van der Waals surface area contributed by atoms with Gasteiger partial charge in [0.05, 0.1) is 0 Å². The highest BCUT2D eigenvalue weighted by Gasteiger charge is 1.96. The molecule has 0 rings (SSSR count). The number of hydrogen-bond donors (Lipinski definition) is 1. The number of rotatable bonds is 4. The van der Waals surface area contributed by atoms with Gasteiger partial charge in [-0.1, -0.05) is 6.58 Å². The maximum absolute atomic E-state index is 10.1. The van der Waals surface area contributed by atoms with Gasteiger partial charge >= 0.3 is 0 Å². The average Bonchev–Trinajstić information content (AvgIpc) is 1.83. The summed E-state index contributed by atoms with van der Waals surface area (Å²) in [6.45, 7) is 3.57. The first-order valence-electron chi connectivity index (χ1n) is 2.41. The molecule has 0 aliphatic heterocycles. The van der Waals surface area contributed by atoms with Crippen LogP contribution in [0.25, 0.3) is 0 Å². The minimum absolute atomic E-state index is 0.318. The summed E-state index contributed by atoms with van der Waals surface area (Å²) in [6.07, 6.45) is 0.905. The lowest BCUT2D eigenvalue weighted by Crippen LogP contribution is -2.09. The fourth-order valence-electron chi connectivity index (χ4n) is 0.301. The minimum atomic E-state index is -0.318. The highest BCUT2D eigenvalue weighted by atomic mass is 35.7. The van der Waals surface area contributed by atoms with Crippen LogP contribution in [0.15, 0.2) is 11.5 Å². The van der Waals surface area contributed by atoms with Crippen LogP contribution in [-0.4, -0.2) is 5.91 Å². The molecule has 1 amide bonds. The van der Waals surface area contributed by atoms with Gasteiger partial charge in [0.2, 0.25) is 5.91 Å². The van der Waals surface area contributed by atoms with E-state index in [2.05, 4.69) is 6.58 Å². The smallest absolute Gasteiger partial charge is 0.217 e. The third-order valence-corrected chi connectivity index (χ3v) is 1.84. The Morgan fingerprint density at radius 2 is 2.22 bits per heavy atom. The summed E-state index contributed by atoms with van der Waals surface area (Å²) in [6, 6.07) is 0. The van der Waals surface area contributed by atoms with E-state index in [-0.39, 0.29) is 5.91 Å². The number of carbonyl (C=O) groups is 1. The van der Waals surface area contributed by atoms with Crippen molar-refractivity contribution in [3.05, 3.63) is 11.5 Å². The monoisotopic (exact) mass is 165 g/mol. The Labute approximate surface area is 62.9 Å². The van der Waals surface area contributed by atoms with Gasteiger partial charge < -0.3 is 5.73 Å². The predicted molar refractivity (Wildman–Crippen MR) is 41.0 cm³/mol. The van der Waals surface area contributed by atoms with Crippen molar-refractivity contribution in [1.82, 2.24) is 0 Å². The third-order valence-electron chi connectivity index (χ3n) is 0.759. The molecule has 4 heteroatoms. The molecule has 0 spiro atoms. The van der Waals surface area contributed by atoms with Gasteiger partial charge in [0, 0.05) is 6.42 Å². The number of carbonyl (C=O) groups excluding carboxylic acids is 1. The molecule has 0 saturated carbocycles. The fraction of sp³-hybridized carbons (Fsp3) is 0.400. The van der Waals surface area contributed by atoms with Crippen LogP contribution in [0.5, 0.6) is 0 Å². The molecule has 0 fully saturated rings. The summed E-state index contributed by atoms with van der Waals surface area (Å²) in [5.41, 5.74) is 4.86. The van der Waals surface area contributed by atoms with E-state index in [9.17, 15) is 4.79 Å². The van der Waals surface area contributed by atoms with Gasteiger partial charge in [0.15, 0.2) is 0 Å². The van der Waals surface area contributed by atoms with Crippen LogP contribution >= 0.6 is 21.7 Å². The van der Waals surface area contributed by atoms with E-state index in [1.807, 2.05) is 0 Å². The predicted octanol–water partition coefficient (Wildman–Crippen LogP) is 1.65. The lowest BCUT2D eigenvalue weighted by Gasteiger charge is -1.94. The van der Waals surface area contributed by atoms with Gasteiger partial charge in [0.25, 0.3) is 0 Å². The zero-order valence-corrected chi connectivity index (χ0v) is 6.47. The molecule has 0 aliphatic carbocycles. The lowest BCUT2D eigenvalue weighted by atomic mass is 10.3. The number of halogens is 1. The van der Waals surface area contributed by atoms with Crippen molar-refractivity contribution < 1.29 is 4.79 Å². The minimum Gasteiger partial charge on any atom is -0.370 e. The summed E-state index contributed by atoms with van der Waals surface area (Å²) >= 11 is 0. The number of hydrogen-bond acceptors (Lipinski definition) is 2. The number of allylic oxidation sites excluding steroid dienone is 1. The van der Waals surface area contributed by atoms with Crippen LogP contribution in [0.3, 0.4) is 0 Å². The highest BCUT2D eigenvalue weighted by Crippen LogP contribution is 2.21. The van der Waals surface area contributed by atoms with Crippen molar-refractivity contribution in [2.24, 2.45) is 5.73 Å². The van der Waals surface area contributed by atoms with Crippen molar-refractivity contribution in [1.29, 1.82) is 0 Å². The molecule has 2 nitrogen and oxygen atoms in total. The molecule has 0 radical (unpaired) electrons. The molecular weight excluding hydrogens is 158 g/mol. The molecule has 0 aromatic rings. The Morgan fingerprint density at radius 3 is 2.56 bits per heavy atom. The van der Waals surface area contributed by atoms with Crippen LogP contribution in [-0.2, 0) is 4.79 Å². The zero-order valence-electron chi connectivity index (χ0n) is 4.89. The standard InChI is InChI=1S/C5H8ClNOS/c1-4(9-6)2-3-5(7)8/h1-3H2,(H2,7,8). The second kappa shape index (κ2) is 4.70. The lowest BCUT2D eigenvalue weighted by molar-refractivity contribution is -0.117. The highest BCUT2D eigenvalue weighted by molar-refractivity contribution is 8.24. The van der Waals surface area contributed by atoms with Crippen molar-refractivity contribution in [2.75, 3.05) is 0 Å². The Kier molecular flexibility index (Phi) is 4.62. The molecule has 0 unspecified atom stereocenters. The summed E-state index contributed by atoms with van der Waals surface area (Å²) in [4.78, 5) is 10.9. The van der Waals surface area contributed by atoms with E-state index in [0.717, 1.165) is 15.9 Å². The number of nitrogens with two attached hydrogens (primary N) is 1. The molecule has 0 bridgehead atoms. The van der Waals surface area contributed by atoms with Gasteiger partial charge in [-0.05, 0) is 33.0 Å². The molecule has 0 aliphatic rings. The van der Waals surface area contributed by atoms with Gasteiger partial charge in [-0.3, -0.25) is 4.79 Å². The molecule has 52 valence electrons. The normalized spacial score (nSPS) is 9.00.